The molecule has 1 heterocycles. The van der Waals surface area contributed by atoms with E-state index in [1.54, 1.807) is 17.8 Å². The average Bonchev–Trinajstić information content (AvgIpc) is 2.44. The van der Waals surface area contributed by atoms with Crippen molar-refractivity contribution in [2.45, 2.75) is 30.4 Å². The maximum atomic E-state index is 11.6. The Balaban J connectivity index is 2.03. The molecule has 1 aromatic carbocycles. The quantitative estimate of drug-likeness (QED) is 0.800. The first-order valence-electron chi connectivity index (χ1n) is 6.66. The van der Waals surface area contributed by atoms with Gasteiger partial charge in [0, 0.05) is 16.7 Å². The van der Waals surface area contributed by atoms with E-state index in [0.29, 0.717) is 12.3 Å². The number of benzene rings is 1. The molecule has 3 N–H and O–H groups in total. The Morgan fingerprint density at radius 1 is 1.30 bits per heavy atom. The molecule has 0 bridgehead atoms. The van der Waals surface area contributed by atoms with E-state index in [0.717, 1.165) is 24.4 Å². The Morgan fingerprint density at radius 2 is 2.05 bits per heavy atom. The van der Waals surface area contributed by atoms with Crippen LogP contribution in [0.4, 0.5) is 0 Å². The van der Waals surface area contributed by atoms with E-state index in [-0.39, 0.29) is 5.56 Å². The van der Waals surface area contributed by atoms with Crippen molar-refractivity contribution in [1.29, 1.82) is 0 Å². The van der Waals surface area contributed by atoms with Crippen molar-refractivity contribution in [3.05, 3.63) is 57.8 Å². The third-order valence-corrected chi connectivity index (χ3v) is 3.90. The zero-order chi connectivity index (χ0) is 14.4. The van der Waals surface area contributed by atoms with E-state index < -0.39 is 0 Å². The van der Waals surface area contributed by atoms with Gasteiger partial charge in [-0.05, 0) is 38.4 Å². The lowest BCUT2D eigenvalue weighted by Crippen LogP contribution is -2.13. The van der Waals surface area contributed by atoms with Gasteiger partial charge in [0.2, 0.25) is 0 Å². The van der Waals surface area contributed by atoms with Crippen molar-refractivity contribution in [3.63, 3.8) is 0 Å². The molecule has 0 amide bonds. The van der Waals surface area contributed by atoms with Gasteiger partial charge in [-0.2, -0.15) is 0 Å². The van der Waals surface area contributed by atoms with E-state index >= 15 is 0 Å². The van der Waals surface area contributed by atoms with Gasteiger partial charge in [-0.15, -0.1) is 11.8 Å². The molecular weight excluding hydrogens is 270 g/mol. The van der Waals surface area contributed by atoms with E-state index in [1.165, 1.54) is 10.5 Å². The molecule has 5 heteroatoms. The zero-order valence-corrected chi connectivity index (χ0v) is 12.4. The third-order valence-electron chi connectivity index (χ3n) is 2.88. The summed E-state index contributed by atoms with van der Waals surface area (Å²) in [5, 5.41) is 0. The minimum absolute atomic E-state index is 0.0912. The van der Waals surface area contributed by atoms with Crippen LogP contribution in [0, 0.1) is 6.92 Å². The number of hydrogen-bond donors (Lipinski definition) is 2. The van der Waals surface area contributed by atoms with Crippen LogP contribution < -0.4 is 11.3 Å². The molecule has 2 aromatic rings. The van der Waals surface area contributed by atoms with E-state index in [1.807, 2.05) is 0 Å². The van der Waals surface area contributed by atoms with Crippen LogP contribution in [-0.4, -0.2) is 16.5 Å². The predicted octanol–water partition coefficient (Wildman–Crippen LogP) is 2.26. The van der Waals surface area contributed by atoms with Crippen molar-refractivity contribution in [1.82, 2.24) is 9.97 Å². The van der Waals surface area contributed by atoms with Gasteiger partial charge in [0.25, 0.3) is 5.56 Å². The second-order valence-corrected chi connectivity index (χ2v) is 5.73. The standard InChI is InChI=1S/C15H19N3OS/c1-11-4-6-13(7-5-11)20-10-14-17-12(3-2-8-16)9-15(19)18-14/h4-7,9H,2-3,8,10,16H2,1H3,(H,17,18,19). The molecule has 0 aliphatic heterocycles. The molecule has 4 nitrogen and oxygen atoms in total. The molecule has 2 rings (SSSR count). The van der Waals surface area contributed by atoms with E-state index in [4.69, 9.17) is 5.73 Å². The number of nitrogens with zero attached hydrogens (tertiary/aromatic N) is 1. The summed E-state index contributed by atoms with van der Waals surface area (Å²) in [6.07, 6.45) is 1.60. The van der Waals surface area contributed by atoms with Crippen LogP contribution in [0.5, 0.6) is 0 Å². The number of nitrogens with one attached hydrogen (secondary N) is 1. The molecule has 0 unspecified atom stereocenters. The molecule has 0 spiro atoms. The summed E-state index contributed by atoms with van der Waals surface area (Å²) in [4.78, 5) is 20.0. The maximum absolute atomic E-state index is 11.6. The van der Waals surface area contributed by atoms with E-state index in [9.17, 15) is 4.79 Å². The van der Waals surface area contributed by atoms with Gasteiger partial charge in [0.15, 0.2) is 0 Å². The Kier molecular flexibility index (Phi) is 5.38. The molecule has 0 radical (unpaired) electrons. The number of aromatic nitrogens is 2. The van der Waals surface area contributed by atoms with Gasteiger partial charge >= 0.3 is 0 Å². The fourth-order valence-corrected chi connectivity index (χ4v) is 2.60. The second kappa shape index (κ2) is 7.26. The normalized spacial score (nSPS) is 10.7. The van der Waals surface area contributed by atoms with Crippen LogP contribution in [0.2, 0.25) is 0 Å². The van der Waals surface area contributed by atoms with Gasteiger partial charge < -0.3 is 10.7 Å². The van der Waals surface area contributed by atoms with Crippen molar-refractivity contribution >= 4 is 11.8 Å². The monoisotopic (exact) mass is 289 g/mol. The summed E-state index contributed by atoms with van der Waals surface area (Å²) in [6.45, 7) is 2.68. The minimum Gasteiger partial charge on any atom is -0.330 e. The lowest BCUT2D eigenvalue weighted by Gasteiger charge is -2.04. The summed E-state index contributed by atoms with van der Waals surface area (Å²) < 4.78 is 0. The van der Waals surface area contributed by atoms with Crippen molar-refractivity contribution in [3.8, 4) is 0 Å². The Hall–Kier alpha value is -1.59. The second-order valence-electron chi connectivity index (χ2n) is 4.68. The third kappa shape index (κ3) is 4.51. The number of aromatic amines is 1. The average molecular weight is 289 g/mol. The topological polar surface area (TPSA) is 71.8 Å². The highest BCUT2D eigenvalue weighted by Crippen LogP contribution is 2.21. The van der Waals surface area contributed by atoms with Crippen molar-refractivity contribution in [2.75, 3.05) is 6.54 Å². The molecule has 106 valence electrons. The Labute approximate surface area is 122 Å². The predicted molar refractivity (Wildman–Crippen MR) is 83.0 cm³/mol. The molecule has 20 heavy (non-hydrogen) atoms. The molecule has 0 atom stereocenters. The first-order valence-corrected chi connectivity index (χ1v) is 7.64. The lowest BCUT2D eigenvalue weighted by atomic mass is 10.2. The van der Waals surface area contributed by atoms with Gasteiger partial charge in [0.1, 0.15) is 5.82 Å². The SMILES string of the molecule is Cc1ccc(SCc2nc(CCCN)cc(=O)[nH]2)cc1. The molecule has 0 saturated heterocycles. The summed E-state index contributed by atoms with van der Waals surface area (Å²) in [5.41, 5.74) is 7.45. The maximum Gasteiger partial charge on any atom is 0.251 e. The first-order chi connectivity index (χ1) is 9.67. The summed E-state index contributed by atoms with van der Waals surface area (Å²) in [7, 11) is 0. The smallest absolute Gasteiger partial charge is 0.251 e. The summed E-state index contributed by atoms with van der Waals surface area (Å²) >= 11 is 1.67. The summed E-state index contributed by atoms with van der Waals surface area (Å²) in [6, 6.07) is 9.87. The van der Waals surface area contributed by atoms with Gasteiger partial charge in [-0.3, -0.25) is 4.79 Å². The number of hydrogen-bond acceptors (Lipinski definition) is 4. The number of H-pyrrole nitrogens is 1. The largest absolute Gasteiger partial charge is 0.330 e. The highest BCUT2D eigenvalue weighted by Gasteiger charge is 2.03. The molecule has 0 saturated carbocycles. The fraction of sp³-hybridized carbons (Fsp3) is 0.333. The zero-order valence-electron chi connectivity index (χ0n) is 11.6. The van der Waals surface area contributed by atoms with Gasteiger partial charge in [-0.25, -0.2) is 4.98 Å². The highest BCUT2D eigenvalue weighted by molar-refractivity contribution is 7.98. The highest BCUT2D eigenvalue weighted by atomic mass is 32.2. The number of aryl methyl sites for hydroxylation is 2. The summed E-state index contributed by atoms with van der Waals surface area (Å²) in [5.74, 6) is 1.38. The molecule has 0 fully saturated rings. The van der Waals surface area contributed by atoms with E-state index in [2.05, 4.69) is 41.2 Å². The van der Waals surface area contributed by atoms with Gasteiger partial charge in [-0.1, -0.05) is 17.7 Å². The van der Waals surface area contributed by atoms with Crippen molar-refractivity contribution < 1.29 is 0 Å². The van der Waals surface area contributed by atoms with Crippen LogP contribution >= 0.6 is 11.8 Å². The van der Waals surface area contributed by atoms with Crippen molar-refractivity contribution in [2.24, 2.45) is 5.73 Å². The first kappa shape index (κ1) is 14.8. The molecule has 0 aliphatic rings. The van der Waals surface area contributed by atoms with Gasteiger partial charge in [0.05, 0.1) is 5.75 Å². The molecular formula is C15H19N3OS. The number of rotatable bonds is 6. The fourth-order valence-electron chi connectivity index (χ4n) is 1.83. The molecule has 0 aliphatic carbocycles. The van der Waals surface area contributed by atoms with Crippen LogP contribution in [-0.2, 0) is 12.2 Å². The molecule has 1 aromatic heterocycles. The van der Waals surface area contributed by atoms with Crippen LogP contribution in [0.15, 0.2) is 40.0 Å². The minimum atomic E-state index is -0.0912. The Morgan fingerprint density at radius 3 is 2.75 bits per heavy atom. The van der Waals surface area contributed by atoms with Crippen LogP contribution in [0.25, 0.3) is 0 Å². The number of nitrogens with two attached hydrogens (primary N) is 1. The van der Waals surface area contributed by atoms with Crippen LogP contribution in [0.3, 0.4) is 0 Å². The number of thioether (sulfide) groups is 1. The van der Waals surface area contributed by atoms with Crippen LogP contribution in [0.1, 0.15) is 23.5 Å². The Bertz CT molecular complexity index is 607. The lowest BCUT2D eigenvalue weighted by molar-refractivity contribution is 0.793.